The number of nitrogens with two attached hydrogens (primary N) is 1. The lowest BCUT2D eigenvalue weighted by Gasteiger charge is -2.13. The summed E-state index contributed by atoms with van der Waals surface area (Å²) < 4.78 is 48.9. The molecule has 2 aromatic carbocycles. The maximum atomic E-state index is 12.8. The van der Waals surface area contributed by atoms with Crippen LogP contribution in [-0.4, -0.2) is 65.9 Å². The number of rotatable bonds is 16. The third-order valence-electron chi connectivity index (χ3n) is 6.52. The molecule has 1 aliphatic heterocycles. The molecule has 1 amide bonds. The molecule has 0 radical (unpaired) electrons. The van der Waals surface area contributed by atoms with Gasteiger partial charge in [0, 0.05) is 30.4 Å². The monoisotopic (exact) mass is 602 g/mol. The van der Waals surface area contributed by atoms with Crippen LogP contribution in [0, 0.1) is 0 Å². The van der Waals surface area contributed by atoms with Crippen LogP contribution in [-0.2, 0) is 6.54 Å². The molecule has 6 N–H and O–H groups in total. The van der Waals surface area contributed by atoms with Crippen LogP contribution in [0.15, 0.2) is 48.5 Å². The van der Waals surface area contributed by atoms with Crippen LogP contribution in [0.5, 0.6) is 11.8 Å². The first kappa shape index (κ1) is 31.8. The number of hydrogen-bond donors (Lipinski definition) is 5. The van der Waals surface area contributed by atoms with Crippen molar-refractivity contribution in [3.8, 4) is 11.8 Å². The SMILES string of the molecule is NCCCCCCOc1ccc(CNc2nc(Nc3ccc(C(=O)NC4CCNC4)cc3)nc(OCC(F)(F)F)n2)cc1. The number of hydrogen-bond acceptors (Lipinski definition) is 10. The van der Waals surface area contributed by atoms with E-state index < -0.39 is 18.8 Å². The second-order valence-corrected chi connectivity index (χ2v) is 10.1. The minimum atomic E-state index is -4.56. The van der Waals surface area contributed by atoms with Crippen molar-refractivity contribution in [3.05, 3.63) is 59.7 Å². The number of unbranched alkanes of at least 4 members (excludes halogenated alkanes) is 3. The average molecular weight is 603 g/mol. The van der Waals surface area contributed by atoms with Crippen LogP contribution in [0.2, 0.25) is 0 Å². The predicted octanol–water partition coefficient (Wildman–Crippen LogP) is 4.16. The molecule has 11 nitrogen and oxygen atoms in total. The van der Waals surface area contributed by atoms with Gasteiger partial charge in [-0.05, 0) is 74.3 Å². The van der Waals surface area contributed by atoms with Gasteiger partial charge >= 0.3 is 12.2 Å². The van der Waals surface area contributed by atoms with Crippen molar-refractivity contribution in [2.24, 2.45) is 5.73 Å². The molecule has 4 rings (SSSR count). The summed E-state index contributed by atoms with van der Waals surface area (Å²) in [5.41, 5.74) is 7.38. The van der Waals surface area contributed by atoms with Gasteiger partial charge in [-0.25, -0.2) is 0 Å². The normalized spacial score (nSPS) is 14.7. The average Bonchev–Trinajstić information content (AvgIpc) is 3.50. The van der Waals surface area contributed by atoms with E-state index in [1.807, 2.05) is 24.3 Å². The van der Waals surface area contributed by atoms with Crippen LogP contribution in [0.1, 0.15) is 48.0 Å². The van der Waals surface area contributed by atoms with E-state index in [4.69, 9.17) is 15.2 Å². The Morgan fingerprint density at radius 1 is 0.953 bits per heavy atom. The van der Waals surface area contributed by atoms with Gasteiger partial charge in [-0.1, -0.05) is 25.0 Å². The zero-order chi connectivity index (χ0) is 30.5. The van der Waals surface area contributed by atoms with Crippen molar-refractivity contribution in [1.82, 2.24) is 25.6 Å². The number of nitrogens with one attached hydrogen (secondary N) is 4. The van der Waals surface area contributed by atoms with Gasteiger partial charge in [-0.2, -0.15) is 28.1 Å². The van der Waals surface area contributed by atoms with Gasteiger partial charge in [-0.3, -0.25) is 4.79 Å². The fourth-order valence-corrected chi connectivity index (χ4v) is 4.26. The molecule has 14 heteroatoms. The third-order valence-corrected chi connectivity index (χ3v) is 6.52. The number of alkyl halides is 3. The Kier molecular flexibility index (Phi) is 11.7. The van der Waals surface area contributed by atoms with Crippen LogP contribution >= 0.6 is 0 Å². The number of ether oxygens (including phenoxy) is 2. The van der Waals surface area contributed by atoms with Gasteiger partial charge in [0.25, 0.3) is 5.91 Å². The Morgan fingerprint density at radius 3 is 2.40 bits per heavy atom. The van der Waals surface area contributed by atoms with Crippen molar-refractivity contribution in [2.45, 2.75) is 50.9 Å². The number of nitrogens with zero attached hydrogens (tertiary/aromatic N) is 3. The number of aromatic nitrogens is 3. The van der Waals surface area contributed by atoms with Gasteiger partial charge in [0.05, 0.1) is 6.61 Å². The molecule has 0 aliphatic carbocycles. The fourth-order valence-electron chi connectivity index (χ4n) is 4.26. The first-order valence-electron chi connectivity index (χ1n) is 14.3. The Hall–Kier alpha value is -4.17. The molecule has 2 heterocycles. The number of carbonyl (C=O) groups excluding carboxylic acids is 1. The van der Waals surface area contributed by atoms with E-state index in [2.05, 4.69) is 36.2 Å². The second-order valence-electron chi connectivity index (χ2n) is 10.1. The topological polar surface area (TPSA) is 148 Å². The third kappa shape index (κ3) is 11.2. The van der Waals surface area contributed by atoms with Crippen molar-refractivity contribution < 1.29 is 27.4 Å². The first-order chi connectivity index (χ1) is 20.8. The van der Waals surface area contributed by atoms with Crippen molar-refractivity contribution >= 4 is 23.5 Å². The Bertz CT molecular complexity index is 1290. The summed E-state index contributed by atoms with van der Waals surface area (Å²) in [5, 5.41) is 12.1. The lowest BCUT2D eigenvalue weighted by atomic mass is 10.1. The molecule has 0 saturated carbocycles. The Morgan fingerprint density at radius 2 is 1.70 bits per heavy atom. The minimum absolute atomic E-state index is 0.0219. The van der Waals surface area contributed by atoms with Crippen LogP contribution < -0.4 is 36.5 Å². The molecule has 0 bridgehead atoms. The van der Waals surface area contributed by atoms with Crippen molar-refractivity contribution in [3.63, 3.8) is 0 Å². The van der Waals surface area contributed by atoms with Gasteiger partial charge in [0.15, 0.2) is 6.61 Å². The lowest BCUT2D eigenvalue weighted by Crippen LogP contribution is -2.36. The van der Waals surface area contributed by atoms with Gasteiger partial charge in [0.2, 0.25) is 11.9 Å². The van der Waals surface area contributed by atoms with E-state index in [1.165, 1.54) is 0 Å². The number of anilines is 3. The Labute approximate surface area is 248 Å². The molecular weight excluding hydrogens is 565 g/mol. The van der Waals surface area contributed by atoms with Crippen molar-refractivity contribution in [2.75, 3.05) is 43.5 Å². The van der Waals surface area contributed by atoms with Crippen molar-refractivity contribution in [1.29, 1.82) is 0 Å². The van der Waals surface area contributed by atoms with Crippen LogP contribution in [0.3, 0.4) is 0 Å². The van der Waals surface area contributed by atoms with E-state index in [9.17, 15) is 18.0 Å². The fraction of sp³-hybridized carbons (Fsp3) is 0.448. The second kappa shape index (κ2) is 15.9. The van der Waals surface area contributed by atoms with E-state index in [1.54, 1.807) is 24.3 Å². The maximum Gasteiger partial charge on any atom is 0.422 e. The number of benzene rings is 2. The number of carbonyl (C=O) groups is 1. The molecule has 1 unspecified atom stereocenters. The minimum Gasteiger partial charge on any atom is -0.494 e. The summed E-state index contributed by atoms with van der Waals surface area (Å²) in [6.07, 6.45) is 0.434. The number of halogens is 3. The van der Waals surface area contributed by atoms with E-state index >= 15 is 0 Å². The van der Waals surface area contributed by atoms with Gasteiger partial charge < -0.3 is 36.5 Å². The molecule has 3 aromatic rings. The predicted molar refractivity (Wildman–Crippen MR) is 157 cm³/mol. The molecule has 1 fully saturated rings. The maximum absolute atomic E-state index is 12.8. The van der Waals surface area contributed by atoms with E-state index in [-0.39, 0.29) is 23.8 Å². The molecule has 1 saturated heterocycles. The zero-order valence-corrected chi connectivity index (χ0v) is 23.8. The molecule has 1 aromatic heterocycles. The highest BCUT2D eigenvalue weighted by Crippen LogP contribution is 2.21. The molecule has 43 heavy (non-hydrogen) atoms. The summed E-state index contributed by atoms with van der Waals surface area (Å²) in [6.45, 7) is 1.66. The van der Waals surface area contributed by atoms with Gasteiger partial charge in [0.1, 0.15) is 5.75 Å². The molecule has 0 spiro atoms. The van der Waals surface area contributed by atoms with Gasteiger partial charge in [-0.15, -0.1) is 0 Å². The largest absolute Gasteiger partial charge is 0.494 e. The Balaban J connectivity index is 1.36. The van der Waals surface area contributed by atoms with E-state index in [0.29, 0.717) is 30.9 Å². The summed E-state index contributed by atoms with van der Waals surface area (Å²) in [6, 6.07) is 13.6. The summed E-state index contributed by atoms with van der Waals surface area (Å²) in [4.78, 5) is 24.7. The smallest absolute Gasteiger partial charge is 0.422 e. The first-order valence-corrected chi connectivity index (χ1v) is 14.3. The lowest BCUT2D eigenvalue weighted by molar-refractivity contribution is -0.154. The molecule has 1 aliphatic rings. The zero-order valence-electron chi connectivity index (χ0n) is 23.8. The van der Waals surface area contributed by atoms with Crippen LogP contribution in [0.25, 0.3) is 0 Å². The summed E-state index contributed by atoms with van der Waals surface area (Å²) in [5.74, 6) is 0.552. The van der Waals surface area contributed by atoms with Crippen LogP contribution in [0.4, 0.5) is 30.8 Å². The molecular formula is C29H37F3N8O3. The molecule has 232 valence electrons. The highest BCUT2D eigenvalue weighted by Gasteiger charge is 2.29. The molecule has 1 atom stereocenters. The number of amides is 1. The summed E-state index contributed by atoms with van der Waals surface area (Å²) >= 11 is 0. The summed E-state index contributed by atoms with van der Waals surface area (Å²) in [7, 11) is 0. The quantitative estimate of drug-likeness (QED) is 0.151. The van der Waals surface area contributed by atoms with E-state index in [0.717, 1.165) is 56.5 Å². The highest BCUT2D eigenvalue weighted by molar-refractivity contribution is 5.94. The standard InChI is InChI=1S/C29H37F3N8O3/c30-29(31,32)19-43-28-39-26(35-17-20-5-11-24(12-6-20)42-16-4-2-1-3-14-33)38-27(40-28)37-22-9-7-21(8-10-22)25(41)36-23-13-15-34-18-23/h5-12,23,34H,1-4,13-19,33H2,(H,36,41)(H2,35,37,38,39,40). The highest BCUT2D eigenvalue weighted by atomic mass is 19.4.